The maximum atomic E-state index is 12.8. The molecule has 0 fully saturated rings. The third-order valence-electron chi connectivity index (χ3n) is 4.32. The molecule has 0 bridgehead atoms. The van der Waals surface area contributed by atoms with Gasteiger partial charge in [0.05, 0.1) is 11.9 Å². The zero-order valence-electron chi connectivity index (χ0n) is 18.0. The number of primary amides is 2. The number of rotatable bonds is 11. The Labute approximate surface area is 200 Å². The molecule has 0 unspecified atom stereocenters. The minimum absolute atomic E-state index is 0.0144. The van der Waals surface area contributed by atoms with E-state index < -0.39 is 40.9 Å². The van der Waals surface area contributed by atoms with Gasteiger partial charge in [-0.3, -0.25) is 24.1 Å². The Kier molecular flexibility index (Phi) is 8.43. The SMILES string of the molecule is CS(=O)(=O)N(CC(N)=O)c1cc(Cl)cc(C(=O)NCc2ccc(C(=N)N)cc2OCC(N)=O)c1. The number of nitrogens with two attached hydrogens (primary N) is 3. The minimum Gasteiger partial charge on any atom is -0.483 e. The third-order valence-corrected chi connectivity index (χ3v) is 5.68. The van der Waals surface area contributed by atoms with Gasteiger partial charge in [-0.1, -0.05) is 23.7 Å². The van der Waals surface area contributed by atoms with E-state index in [-0.39, 0.29) is 34.4 Å². The van der Waals surface area contributed by atoms with Gasteiger partial charge < -0.3 is 27.3 Å². The predicted octanol–water partition coefficient (Wildman–Crippen LogP) is -0.331. The summed E-state index contributed by atoms with van der Waals surface area (Å²) in [7, 11) is -3.90. The van der Waals surface area contributed by atoms with Crippen LogP contribution >= 0.6 is 11.6 Å². The van der Waals surface area contributed by atoms with E-state index in [0.717, 1.165) is 10.6 Å². The van der Waals surface area contributed by atoms with Gasteiger partial charge in [-0.25, -0.2) is 8.42 Å². The Morgan fingerprint density at radius 1 is 1.06 bits per heavy atom. The van der Waals surface area contributed by atoms with E-state index in [4.69, 9.17) is 38.9 Å². The summed E-state index contributed by atoms with van der Waals surface area (Å²) < 4.78 is 30.3. The van der Waals surface area contributed by atoms with Crippen molar-refractivity contribution in [3.05, 3.63) is 58.1 Å². The number of benzene rings is 2. The van der Waals surface area contributed by atoms with Crippen molar-refractivity contribution >= 4 is 50.9 Å². The van der Waals surface area contributed by atoms with Crippen molar-refractivity contribution < 1.29 is 27.5 Å². The lowest BCUT2D eigenvalue weighted by Crippen LogP contribution is -2.38. The normalized spacial score (nSPS) is 10.9. The van der Waals surface area contributed by atoms with Gasteiger partial charge in [0.1, 0.15) is 18.1 Å². The molecule has 0 aliphatic rings. The Morgan fingerprint density at radius 3 is 2.29 bits per heavy atom. The Bertz CT molecular complexity index is 1250. The molecule has 0 radical (unpaired) electrons. The fourth-order valence-electron chi connectivity index (χ4n) is 2.82. The Hall–Kier alpha value is -3.84. The zero-order chi connectivity index (χ0) is 25.6. The van der Waals surface area contributed by atoms with E-state index in [1.54, 1.807) is 6.07 Å². The van der Waals surface area contributed by atoms with Crippen LogP contribution in [0.5, 0.6) is 5.75 Å². The van der Waals surface area contributed by atoms with Crippen molar-refractivity contribution in [2.45, 2.75) is 6.54 Å². The van der Waals surface area contributed by atoms with Crippen LogP contribution in [0.3, 0.4) is 0 Å². The van der Waals surface area contributed by atoms with Crippen molar-refractivity contribution in [2.24, 2.45) is 17.2 Å². The number of hydrogen-bond donors (Lipinski definition) is 5. The van der Waals surface area contributed by atoms with Crippen molar-refractivity contribution in [3.63, 3.8) is 0 Å². The molecule has 3 amide bonds. The van der Waals surface area contributed by atoms with Crippen molar-refractivity contribution in [1.82, 2.24) is 5.32 Å². The molecular weight excluding hydrogens is 488 g/mol. The Morgan fingerprint density at radius 2 is 1.74 bits per heavy atom. The summed E-state index contributed by atoms with van der Waals surface area (Å²) in [6.07, 6.45) is 0.884. The monoisotopic (exact) mass is 510 g/mol. The summed E-state index contributed by atoms with van der Waals surface area (Å²) in [6.45, 7) is -1.13. The summed E-state index contributed by atoms with van der Waals surface area (Å²) in [5.41, 5.74) is 16.5. The first kappa shape index (κ1) is 26.4. The molecule has 2 rings (SSSR count). The summed E-state index contributed by atoms with van der Waals surface area (Å²) in [5, 5.41) is 10.2. The molecule has 0 saturated heterocycles. The fraction of sp³-hybridized carbons (Fsp3) is 0.200. The zero-order valence-corrected chi connectivity index (χ0v) is 19.6. The van der Waals surface area contributed by atoms with Crippen LogP contribution in [0.2, 0.25) is 5.02 Å². The molecule has 0 heterocycles. The van der Waals surface area contributed by atoms with Crippen LogP contribution in [-0.2, 0) is 26.2 Å². The summed E-state index contributed by atoms with van der Waals surface area (Å²) in [5.74, 6) is -2.27. The van der Waals surface area contributed by atoms with Crippen LogP contribution in [0.25, 0.3) is 0 Å². The highest BCUT2D eigenvalue weighted by Crippen LogP contribution is 2.25. The first-order valence-electron chi connectivity index (χ1n) is 9.51. The molecule has 2 aromatic rings. The van der Waals surface area contributed by atoms with Gasteiger partial charge in [0.15, 0.2) is 6.61 Å². The molecule has 34 heavy (non-hydrogen) atoms. The molecule has 0 aliphatic heterocycles. The van der Waals surface area contributed by atoms with E-state index in [9.17, 15) is 22.8 Å². The highest BCUT2D eigenvalue weighted by molar-refractivity contribution is 7.92. The predicted molar refractivity (Wildman–Crippen MR) is 126 cm³/mol. The lowest BCUT2D eigenvalue weighted by molar-refractivity contribution is -0.120. The lowest BCUT2D eigenvalue weighted by atomic mass is 10.1. The molecule has 0 aromatic heterocycles. The van der Waals surface area contributed by atoms with Gasteiger partial charge >= 0.3 is 0 Å². The second kappa shape index (κ2) is 10.9. The minimum atomic E-state index is -3.90. The Balaban J connectivity index is 2.30. The second-order valence-corrected chi connectivity index (χ2v) is 9.45. The first-order valence-corrected chi connectivity index (χ1v) is 11.7. The number of carbonyl (C=O) groups excluding carboxylic acids is 3. The van der Waals surface area contributed by atoms with Crippen LogP contribution < -0.4 is 31.6 Å². The molecule has 0 saturated carbocycles. The third kappa shape index (κ3) is 7.35. The second-order valence-electron chi connectivity index (χ2n) is 7.11. The van der Waals surface area contributed by atoms with Gasteiger partial charge in [0, 0.05) is 28.3 Å². The van der Waals surface area contributed by atoms with E-state index in [2.05, 4.69) is 5.32 Å². The highest BCUT2D eigenvalue weighted by atomic mass is 35.5. The first-order chi connectivity index (χ1) is 15.8. The average molecular weight is 511 g/mol. The number of ether oxygens (including phenoxy) is 1. The van der Waals surface area contributed by atoms with Gasteiger partial charge in [0.2, 0.25) is 15.9 Å². The number of nitrogens with one attached hydrogen (secondary N) is 2. The number of amidine groups is 1. The summed E-state index contributed by atoms with van der Waals surface area (Å²) >= 11 is 6.07. The number of halogens is 1. The van der Waals surface area contributed by atoms with Gasteiger partial charge in [-0.15, -0.1) is 0 Å². The number of sulfonamides is 1. The number of anilines is 1. The van der Waals surface area contributed by atoms with Gasteiger partial charge in [0.25, 0.3) is 11.8 Å². The van der Waals surface area contributed by atoms with Crippen molar-refractivity contribution in [1.29, 1.82) is 5.41 Å². The quantitative estimate of drug-likeness (QED) is 0.200. The molecule has 182 valence electrons. The van der Waals surface area contributed by atoms with Gasteiger partial charge in [-0.2, -0.15) is 0 Å². The standard InChI is InChI=1S/C20H23ClN6O6S/c1-34(31,32)27(9-17(22)28)15-5-13(4-14(21)7-15)20(30)26-8-12-3-2-11(19(24)25)6-16(12)33-10-18(23)29/h2-7H,8-10H2,1H3,(H2,22,28)(H2,23,29)(H3,24,25)(H,26,30). The van der Waals surface area contributed by atoms with E-state index >= 15 is 0 Å². The fourth-order valence-corrected chi connectivity index (χ4v) is 3.90. The summed E-state index contributed by atoms with van der Waals surface area (Å²) in [6, 6.07) is 8.35. The number of carbonyl (C=O) groups is 3. The smallest absolute Gasteiger partial charge is 0.255 e. The number of amides is 3. The molecule has 0 spiro atoms. The molecule has 0 atom stereocenters. The van der Waals surface area contributed by atoms with Crippen LogP contribution in [0.1, 0.15) is 21.5 Å². The van der Waals surface area contributed by atoms with Gasteiger partial charge in [-0.05, 0) is 24.3 Å². The largest absolute Gasteiger partial charge is 0.483 e. The average Bonchev–Trinajstić information content (AvgIpc) is 2.73. The van der Waals surface area contributed by atoms with E-state index in [0.29, 0.717) is 11.1 Å². The van der Waals surface area contributed by atoms with Crippen LogP contribution in [0, 0.1) is 5.41 Å². The van der Waals surface area contributed by atoms with Crippen molar-refractivity contribution in [2.75, 3.05) is 23.7 Å². The maximum Gasteiger partial charge on any atom is 0.255 e. The number of nitrogen functional groups attached to an aromatic ring is 1. The topological polar surface area (TPSA) is 212 Å². The molecule has 14 heteroatoms. The molecule has 8 N–H and O–H groups in total. The lowest BCUT2D eigenvalue weighted by Gasteiger charge is -2.21. The van der Waals surface area contributed by atoms with Crippen LogP contribution in [-0.4, -0.2) is 51.4 Å². The summed E-state index contributed by atoms with van der Waals surface area (Å²) in [4.78, 5) is 35.2. The molecular formula is C20H23ClN6O6S. The number of hydrogen-bond acceptors (Lipinski definition) is 7. The van der Waals surface area contributed by atoms with E-state index in [1.807, 2.05) is 0 Å². The number of nitrogens with zero attached hydrogens (tertiary/aromatic N) is 1. The van der Waals surface area contributed by atoms with E-state index in [1.165, 1.54) is 30.3 Å². The van der Waals surface area contributed by atoms with Crippen molar-refractivity contribution in [3.8, 4) is 5.75 Å². The van der Waals surface area contributed by atoms with Crippen LogP contribution in [0.4, 0.5) is 5.69 Å². The molecule has 0 aliphatic carbocycles. The highest BCUT2D eigenvalue weighted by Gasteiger charge is 2.22. The maximum absolute atomic E-state index is 12.8. The molecule has 12 nitrogen and oxygen atoms in total. The molecule has 2 aromatic carbocycles. The van der Waals surface area contributed by atoms with Crippen LogP contribution in [0.15, 0.2) is 36.4 Å².